The molecule has 0 aliphatic carbocycles. The van der Waals surface area contributed by atoms with Crippen LogP contribution in [0.15, 0.2) is 30.9 Å². The minimum Gasteiger partial charge on any atom is -0.103 e. The second-order valence-electron chi connectivity index (χ2n) is 3.19. The normalized spacial score (nSPS) is 9.83. The van der Waals surface area contributed by atoms with E-state index in [1.807, 2.05) is 6.08 Å². The third-order valence-corrected chi connectivity index (χ3v) is 2.33. The lowest BCUT2D eigenvalue weighted by atomic mass is 10.00. The van der Waals surface area contributed by atoms with E-state index in [0.29, 0.717) is 0 Å². The van der Waals surface area contributed by atoms with Crippen LogP contribution >= 0.6 is 0 Å². The van der Waals surface area contributed by atoms with E-state index in [4.69, 9.17) is 0 Å². The molecule has 0 saturated carbocycles. The summed E-state index contributed by atoms with van der Waals surface area (Å²) in [7, 11) is 0. The van der Waals surface area contributed by atoms with E-state index in [2.05, 4.69) is 38.6 Å². The summed E-state index contributed by atoms with van der Waals surface area (Å²) in [6.07, 6.45) is 4.17. The van der Waals surface area contributed by atoms with Crippen LogP contribution in [0.3, 0.4) is 0 Å². The Kier molecular flexibility index (Phi) is 3.09. The van der Waals surface area contributed by atoms with Crippen LogP contribution in [-0.4, -0.2) is 0 Å². The van der Waals surface area contributed by atoms with E-state index in [1.165, 1.54) is 16.7 Å². The van der Waals surface area contributed by atoms with Crippen LogP contribution in [0.4, 0.5) is 0 Å². The Morgan fingerprint density at radius 3 is 2.75 bits per heavy atom. The lowest BCUT2D eigenvalue weighted by molar-refractivity contribution is 0.984. The molecule has 0 heterocycles. The standard InChI is InChI=1S/C12H16/c1-4-5-8-12-9-6-7-10(2)11(12)3/h4,6-7,9H,1,5,8H2,2-3H3. The number of rotatable bonds is 3. The quantitative estimate of drug-likeness (QED) is 0.594. The highest BCUT2D eigenvalue weighted by Crippen LogP contribution is 2.14. The van der Waals surface area contributed by atoms with Crippen molar-refractivity contribution in [3.8, 4) is 0 Å². The molecule has 0 aliphatic rings. The molecule has 0 nitrogen and oxygen atoms in total. The topological polar surface area (TPSA) is 0 Å². The van der Waals surface area contributed by atoms with Gasteiger partial charge in [0.2, 0.25) is 0 Å². The SMILES string of the molecule is C=CCCc1cccc(C)c1C. The summed E-state index contributed by atoms with van der Waals surface area (Å²) in [5.41, 5.74) is 4.27. The van der Waals surface area contributed by atoms with Gasteiger partial charge in [0.05, 0.1) is 0 Å². The van der Waals surface area contributed by atoms with Gasteiger partial charge in [-0.15, -0.1) is 6.58 Å². The molecular formula is C12H16. The predicted molar refractivity (Wildman–Crippen MR) is 54.4 cm³/mol. The smallest absolute Gasteiger partial charge is 0.0242 e. The Labute approximate surface area is 74.9 Å². The second kappa shape index (κ2) is 4.10. The maximum absolute atomic E-state index is 3.73. The Bertz CT molecular complexity index is 271. The molecule has 0 aliphatic heterocycles. The lowest BCUT2D eigenvalue weighted by Crippen LogP contribution is -1.90. The molecule has 0 saturated heterocycles. The van der Waals surface area contributed by atoms with E-state index in [9.17, 15) is 0 Å². The first-order valence-electron chi connectivity index (χ1n) is 4.41. The van der Waals surface area contributed by atoms with Crippen molar-refractivity contribution in [1.29, 1.82) is 0 Å². The Morgan fingerprint density at radius 1 is 1.33 bits per heavy atom. The van der Waals surface area contributed by atoms with E-state index in [-0.39, 0.29) is 0 Å². The maximum Gasteiger partial charge on any atom is -0.0242 e. The third kappa shape index (κ3) is 1.97. The highest BCUT2D eigenvalue weighted by atomic mass is 14.0. The maximum atomic E-state index is 3.73. The minimum atomic E-state index is 1.07. The Morgan fingerprint density at radius 2 is 2.08 bits per heavy atom. The van der Waals surface area contributed by atoms with Crippen LogP contribution in [0.1, 0.15) is 23.1 Å². The zero-order chi connectivity index (χ0) is 8.97. The molecule has 0 heteroatoms. The molecule has 1 aromatic rings. The molecule has 0 unspecified atom stereocenters. The van der Waals surface area contributed by atoms with Gasteiger partial charge in [-0.1, -0.05) is 24.3 Å². The molecule has 0 spiro atoms. The number of benzene rings is 1. The zero-order valence-electron chi connectivity index (χ0n) is 7.93. The molecule has 0 amide bonds. The van der Waals surface area contributed by atoms with Crippen molar-refractivity contribution in [3.63, 3.8) is 0 Å². The van der Waals surface area contributed by atoms with E-state index in [1.54, 1.807) is 0 Å². The highest BCUT2D eigenvalue weighted by molar-refractivity contribution is 5.33. The van der Waals surface area contributed by atoms with Crippen molar-refractivity contribution in [2.24, 2.45) is 0 Å². The first kappa shape index (κ1) is 9.05. The molecule has 1 rings (SSSR count). The van der Waals surface area contributed by atoms with Gasteiger partial charge in [0.1, 0.15) is 0 Å². The van der Waals surface area contributed by atoms with E-state index in [0.717, 1.165) is 12.8 Å². The summed E-state index contributed by atoms with van der Waals surface area (Å²) in [4.78, 5) is 0. The van der Waals surface area contributed by atoms with Gasteiger partial charge in [-0.25, -0.2) is 0 Å². The van der Waals surface area contributed by atoms with Gasteiger partial charge in [-0.3, -0.25) is 0 Å². The summed E-state index contributed by atoms with van der Waals surface area (Å²) in [6.45, 7) is 8.08. The van der Waals surface area contributed by atoms with Gasteiger partial charge in [-0.2, -0.15) is 0 Å². The van der Waals surface area contributed by atoms with Crippen LogP contribution < -0.4 is 0 Å². The van der Waals surface area contributed by atoms with Crippen molar-refractivity contribution in [2.75, 3.05) is 0 Å². The molecule has 0 radical (unpaired) electrons. The molecule has 0 aromatic heterocycles. The van der Waals surface area contributed by atoms with Crippen LogP contribution in [0, 0.1) is 13.8 Å². The van der Waals surface area contributed by atoms with Gasteiger partial charge in [0.15, 0.2) is 0 Å². The Hall–Kier alpha value is -1.04. The molecule has 1 aromatic carbocycles. The molecule has 64 valence electrons. The molecule has 0 fully saturated rings. The fourth-order valence-corrected chi connectivity index (χ4v) is 1.34. The Balaban J connectivity index is 2.84. The summed E-state index contributed by atoms with van der Waals surface area (Å²) < 4.78 is 0. The third-order valence-electron chi connectivity index (χ3n) is 2.33. The van der Waals surface area contributed by atoms with Crippen molar-refractivity contribution in [1.82, 2.24) is 0 Å². The van der Waals surface area contributed by atoms with Crippen LogP contribution in [-0.2, 0) is 6.42 Å². The van der Waals surface area contributed by atoms with E-state index < -0.39 is 0 Å². The molecule has 0 bridgehead atoms. The van der Waals surface area contributed by atoms with Crippen molar-refractivity contribution >= 4 is 0 Å². The summed E-state index contributed by atoms with van der Waals surface area (Å²) >= 11 is 0. The van der Waals surface area contributed by atoms with Crippen LogP contribution in [0.25, 0.3) is 0 Å². The number of aryl methyl sites for hydroxylation is 2. The monoisotopic (exact) mass is 160 g/mol. The van der Waals surface area contributed by atoms with Gasteiger partial charge < -0.3 is 0 Å². The van der Waals surface area contributed by atoms with Crippen LogP contribution in [0.2, 0.25) is 0 Å². The summed E-state index contributed by atoms with van der Waals surface area (Å²) in [5, 5.41) is 0. The highest BCUT2D eigenvalue weighted by Gasteiger charge is 1.98. The number of allylic oxidation sites excluding steroid dienone is 1. The van der Waals surface area contributed by atoms with Crippen molar-refractivity contribution in [3.05, 3.63) is 47.5 Å². The van der Waals surface area contributed by atoms with Crippen molar-refractivity contribution in [2.45, 2.75) is 26.7 Å². The molecular weight excluding hydrogens is 144 g/mol. The van der Waals surface area contributed by atoms with Gasteiger partial charge in [-0.05, 0) is 43.4 Å². The second-order valence-corrected chi connectivity index (χ2v) is 3.19. The average Bonchev–Trinajstić information content (AvgIpc) is 2.08. The first-order chi connectivity index (χ1) is 5.75. The summed E-state index contributed by atoms with van der Waals surface area (Å²) in [5.74, 6) is 0. The van der Waals surface area contributed by atoms with Crippen molar-refractivity contribution < 1.29 is 0 Å². The zero-order valence-corrected chi connectivity index (χ0v) is 7.93. The van der Waals surface area contributed by atoms with Gasteiger partial charge >= 0.3 is 0 Å². The number of hydrogen-bond acceptors (Lipinski definition) is 0. The lowest BCUT2D eigenvalue weighted by Gasteiger charge is -2.06. The average molecular weight is 160 g/mol. The van der Waals surface area contributed by atoms with Gasteiger partial charge in [0.25, 0.3) is 0 Å². The minimum absolute atomic E-state index is 1.07. The van der Waals surface area contributed by atoms with Crippen LogP contribution in [0.5, 0.6) is 0 Å². The molecule has 0 N–H and O–H groups in total. The molecule has 12 heavy (non-hydrogen) atoms. The fourth-order valence-electron chi connectivity index (χ4n) is 1.34. The largest absolute Gasteiger partial charge is 0.103 e. The van der Waals surface area contributed by atoms with Gasteiger partial charge in [0, 0.05) is 0 Å². The fraction of sp³-hybridized carbons (Fsp3) is 0.333. The van der Waals surface area contributed by atoms with E-state index >= 15 is 0 Å². The first-order valence-corrected chi connectivity index (χ1v) is 4.41. The molecule has 0 atom stereocenters. The summed E-state index contributed by atoms with van der Waals surface area (Å²) in [6, 6.07) is 6.49. The predicted octanol–water partition coefficient (Wildman–Crippen LogP) is 3.42. The number of hydrogen-bond donors (Lipinski definition) is 0.